The van der Waals surface area contributed by atoms with Crippen LogP contribution in [0.1, 0.15) is 36.5 Å². The van der Waals surface area contributed by atoms with E-state index in [-0.39, 0.29) is 5.43 Å². The van der Waals surface area contributed by atoms with E-state index in [0.29, 0.717) is 23.9 Å². The maximum absolute atomic E-state index is 12.0. The topological polar surface area (TPSA) is 39.4 Å². The first-order valence-electron chi connectivity index (χ1n) is 11.3. The molecular formula is C30H26O3. The van der Waals surface area contributed by atoms with Crippen molar-refractivity contribution in [3.63, 3.8) is 0 Å². The van der Waals surface area contributed by atoms with Crippen molar-refractivity contribution in [2.75, 3.05) is 0 Å². The summed E-state index contributed by atoms with van der Waals surface area (Å²) in [6.45, 7) is 6.96. The van der Waals surface area contributed by atoms with Crippen LogP contribution in [0.4, 0.5) is 0 Å². The Morgan fingerprint density at radius 1 is 0.848 bits per heavy atom. The van der Waals surface area contributed by atoms with Gasteiger partial charge in [0.15, 0.2) is 5.43 Å². The average Bonchev–Trinajstić information content (AvgIpc) is 2.82. The number of fused-ring (bicyclic) bond motifs is 2. The zero-order valence-corrected chi connectivity index (χ0v) is 19.1. The number of benzene rings is 4. The molecular weight excluding hydrogens is 408 g/mol. The van der Waals surface area contributed by atoms with E-state index in [4.69, 9.17) is 9.15 Å². The molecule has 1 heterocycles. The predicted molar refractivity (Wildman–Crippen MR) is 134 cm³/mol. The molecule has 164 valence electrons. The lowest BCUT2D eigenvalue weighted by Gasteiger charge is -2.17. The van der Waals surface area contributed by atoms with E-state index in [0.717, 1.165) is 33.4 Å². The van der Waals surface area contributed by atoms with E-state index >= 15 is 0 Å². The van der Waals surface area contributed by atoms with Crippen LogP contribution in [-0.2, 0) is 6.61 Å². The van der Waals surface area contributed by atoms with Crippen molar-refractivity contribution in [2.45, 2.75) is 33.3 Å². The lowest BCUT2D eigenvalue weighted by atomic mass is 9.91. The Hall–Kier alpha value is -3.85. The first-order chi connectivity index (χ1) is 16.0. The molecule has 0 radical (unpaired) electrons. The molecule has 3 nitrogen and oxygen atoms in total. The van der Waals surface area contributed by atoms with Crippen LogP contribution >= 0.6 is 0 Å². The second-order valence-electron chi connectivity index (χ2n) is 8.79. The zero-order valence-electron chi connectivity index (χ0n) is 19.1. The standard InChI is InChI=1S/C30H26O3/c1-19(2)22-10-8-21(9-11-22)18-32-24-13-15-27-29(17-24)33-28-16-23(31)12-14-26(28)30(27)25-7-5-4-6-20(25)3/h4-17,19H,18H2,1-3H3. The average molecular weight is 435 g/mol. The summed E-state index contributed by atoms with van der Waals surface area (Å²) in [6, 6.07) is 27.7. The number of hydrogen-bond donors (Lipinski definition) is 0. The van der Waals surface area contributed by atoms with Gasteiger partial charge in [-0.25, -0.2) is 0 Å². The Bertz CT molecular complexity index is 1460. The summed E-state index contributed by atoms with van der Waals surface area (Å²) < 4.78 is 12.3. The molecule has 0 aromatic heterocycles. The molecule has 0 spiro atoms. The number of aryl methyl sites for hydroxylation is 1. The molecule has 2 aliphatic rings. The molecule has 0 N–H and O–H groups in total. The highest BCUT2D eigenvalue weighted by Crippen LogP contribution is 2.41. The Balaban J connectivity index is 1.57. The van der Waals surface area contributed by atoms with Gasteiger partial charge in [0.25, 0.3) is 0 Å². The molecule has 3 heteroatoms. The van der Waals surface area contributed by atoms with Gasteiger partial charge in [-0.15, -0.1) is 0 Å². The molecule has 0 unspecified atom stereocenters. The second kappa shape index (κ2) is 8.59. The fraction of sp³-hybridized carbons (Fsp3) is 0.167. The molecule has 1 aliphatic heterocycles. The van der Waals surface area contributed by atoms with Gasteiger partial charge in [-0.05, 0) is 59.4 Å². The van der Waals surface area contributed by atoms with Gasteiger partial charge in [-0.3, -0.25) is 4.79 Å². The number of rotatable bonds is 5. The van der Waals surface area contributed by atoms with Crippen LogP contribution in [-0.4, -0.2) is 0 Å². The van der Waals surface area contributed by atoms with Gasteiger partial charge in [-0.2, -0.15) is 0 Å². The van der Waals surface area contributed by atoms with E-state index in [1.165, 1.54) is 11.1 Å². The Labute approximate surface area is 193 Å². The van der Waals surface area contributed by atoms with Crippen LogP contribution in [0.5, 0.6) is 5.75 Å². The minimum atomic E-state index is -0.0708. The Kier molecular flexibility index (Phi) is 5.47. The lowest BCUT2D eigenvalue weighted by Crippen LogP contribution is -2.00. The summed E-state index contributed by atoms with van der Waals surface area (Å²) >= 11 is 0. The highest BCUT2D eigenvalue weighted by Gasteiger charge is 2.18. The van der Waals surface area contributed by atoms with Crippen molar-refractivity contribution in [3.8, 4) is 28.2 Å². The lowest BCUT2D eigenvalue weighted by molar-refractivity contribution is 0.306. The van der Waals surface area contributed by atoms with Crippen LogP contribution in [0.25, 0.3) is 33.4 Å². The summed E-state index contributed by atoms with van der Waals surface area (Å²) in [5, 5.41) is 0.990. The van der Waals surface area contributed by atoms with Gasteiger partial charge in [-0.1, -0.05) is 62.4 Å². The van der Waals surface area contributed by atoms with Crippen LogP contribution < -0.4 is 10.2 Å². The summed E-state index contributed by atoms with van der Waals surface area (Å²) in [7, 11) is 0. The molecule has 33 heavy (non-hydrogen) atoms. The largest absolute Gasteiger partial charge is 0.489 e. The van der Waals surface area contributed by atoms with Crippen molar-refractivity contribution in [1.82, 2.24) is 0 Å². The monoisotopic (exact) mass is 434 g/mol. The molecule has 0 saturated carbocycles. The molecule has 3 aromatic rings. The van der Waals surface area contributed by atoms with Gasteiger partial charge >= 0.3 is 0 Å². The van der Waals surface area contributed by atoms with E-state index in [2.05, 4.69) is 57.2 Å². The van der Waals surface area contributed by atoms with Crippen LogP contribution in [0.15, 0.2) is 94.1 Å². The fourth-order valence-electron chi connectivity index (χ4n) is 4.25. The molecule has 0 saturated heterocycles. The summed E-state index contributed by atoms with van der Waals surface area (Å²) in [6.07, 6.45) is 0. The fourth-order valence-corrected chi connectivity index (χ4v) is 4.25. The normalized spacial score (nSPS) is 11.4. The van der Waals surface area contributed by atoms with E-state index < -0.39 is 0 Å². The first kappa shape index (κ1) is 21.0. The van der Waals surface area contributed by atoms with Crippen LogP contribution in [0.3, 0.4) is 0 Å². The van der Waals surface area contributed by atoms with Crippen molar-refractivity contribution in [1.29, 1.82) is 0 Å². The van der Waals surface area contributed by atoms with Crippen LogP contribution in [0, 0.1) is 6.92 Å². The smallest absolute Gasteiger partial charge is 0.182 e. The van der Waals surface area contributed by atoms with Crippen LogP contribution in [0.2, 0.25) is 0 Å². The van der Waals surface area contributed by atoms with Gasteiger partial charge < -0.3 is 9.15 Å². The van der Waals surface area contributed by atoms with E-state index in [1.54, 1.807) is 12.1 Å². The maximum atomic E-state index is 12.0. The third kappa shape index (κ3) is 4.14. The minimum absolute atomic E-state index is 0.0708. The first-order valence-corrected chi connectivity index (χ1v) is 11.3. The molecule has 0 bridgehead atoms. The minimum Gasteiger partial charge on any atom is -0.489 e. The maximum Gasteiger partial charge on any atom is 0.182 e. The number of ether oxygens (including phenoxy) is 1. The third-order valence-corrected chi connectivity index (χ3v) is 6.13. The van der Waals surface area contributed by atoms with Crippen molar-refractivity contribution < 1.29 is 9.15 Å². The van der Waals surface area contributed by atoms with Gasteiger partial charge in [0.1, 0.15) is 23.7 Å². The van der Waals surface area contributed by atoms with Crippen molar-refractivity contribution >= 4 is 11.0 Å². The molecule has 0 atom stereocenters. The predicted octanol–water partition coefficient (Wildman–Crippen LogP) is 7.58. The summed E-state index contributed by atoms with van der Waals surface area (Å²) in [5.74, 6) is 1.82. The highest BCUT2D eigenvalue weighted by atomic mass is 16.5. The number of hydrogen-bond acceptors (Lipinski definition) is 3. The second-order valence-corrected chi connectivity index (χ2v) is 8.79. The highest BCUT2D eigenvalue weighted by molar-refractivity contribution is 6.02. The SMILES string of the molecule is Cc1ccccc1-c1c2ccc(=O)cc-2oc2cc(OCc3ccc(C(C)C)cc3)ccc12. The van der Waals surface area contributed by atoms with Gasteiger partial charge in [0.2, 0.25) is 0 Å². The van der Waals surface area contributed by atoms with E-state index in [9.17, 15) is 4.79 Å². The molecule has 0 amide bonds. The van der Waals surface area contributed by atoms with Crippen molar-refractivity contribution in [3.05, 3.63) is 112 Å². The van der Waals surface area contributed by atoms with E-state index in [1.807, 2.05) is 36.4 Å². The van der Waals surface area contributed by atoms with Gasteiger partial charge in [0, 0.05) is 28.6 Å². The molecule has 0 fully saturated rings. The Morgan fingerprint density at radius 3 is 2.39 bits per heavy atom. The molecule has 3 aromatic carbocycles. The summed E-state index contributed by atoms with van der Waals surface area (Å²) in [4.78, 5) is 12.0. The molecule has 5 rings (SSSR count). The Morgan fingerprint density at radius 2 is 1.64 bits per heavy atom. The third-order valence-electron chi connectivity index (χ3n) is 6.13. The van der Waals surface area contributed by atoms with Crippen molar-refractivity contribution in [2.24, 2.45) is 0 Å². The molecule has 1 aliphatic carbocycles. The quantitative estimate of drug-likeness (QED) is 0.268. The van der Waals surface area contributed by atoms with Gasteiger partial charge in [0.05, 0.1) is 0 Å². The zero-order chi connectivity index (χ0) is 22.9. The summed E-state index contributed by atoms with van der Waals surface area (Å²) in [5.41, 5.74) is 7.35.